The van der Waals surface area contributed by atoms with Gasteiger partial charge in [0.2, 0.25) is 11.8 Å². The molecule has 0 spiro atoms. The van der Waals surface area contributed by atoms with Gasteiger partial charge in [0.25, 0.3) is 5.91 Å². The Morgan fingerprint density at radius 2 is 2.11 bits per heavy atom. The van der Waals surface area contributed by atoms with Gasteiger partial charge >= 0.3 is 0 Å². The molecule has 1 aliphatic carbocycles. The van der Waals surface area contributed by atoms with E-state index in [9.17, 15) is 9.59 Å². The summed E-state index contributed by atoms with van der Waals surface area (Å²) in [6.45, 7) is 4.84. The third-order valence-corrected chi connectivity index (χ3v) is 5.43. The second-order valence-corrected chi connectivity index (χ2v) is 7.98. The van der Waals surface area contributed by atoms with E-state index in [0.29, 0.717) is 41.9 Å². The van der Waals surface area contributed by atoms with Gasteiger partial charge in [-0.1, -0.05) is 26.7 Å². The minimum atomic E-state index is -0.544. The molecule has 1 atom stereocenters. The Morgan fingerprint density at radius 1 is 1.41 bits per heavy atom. The Kier molecular flexibility index (Phi) is 5.99. The zero-order chi connectivity index (χ0) is 19.6. The number of nitrogens with one attached hydrogen (secondary N) is 1. The molecule has 1 fully saturated rings. The number of pyridine rings is 1. The number of nitrogens with two attached hydrogens (primary N) is 1. The molecule has 1 aromatic heterocycles. The highest BCUT2D eigenvalue weighted by atomic mass is 16.5. The van der Waals surface area contributed by atoms with Crippen LogP contribution in [0, 0.1) is 5.92 Å². The molecule has 2 amide bonds. The fourth-order valence-corrected chi connectivity index (χ4v) is 4.01. The Hall–Kier alpha value is -2.15. The van der Waals surface area contributed by atoms with Gasteiger partial charge in [-0.2, -0.15) is 0 Å². The van der Waals surface area contributed by atoms with E-state index in [0.717, 1.165) is 18.5 Å². The van der Waals surface area contributed by atoms with E-state index in [-0.39, 0.29) is 18.4 Å². The van der Waals surface area contributed by atoms with Gasteiger partial charge in [0, 0.05) is 18.2 Å². The lowest BCUT2D eigenvalue weighted by atomic mass is 10.0. The van der Waals surface area contributed by atoms with Crippen molar-refractivity contribution in [3.63, 3.8) is 0 Å². The predicted molar refractivity (Wildman–Crippen MR) is 102 cm³/mol. The smallest absolute Gasteiger partial charge is 0.256 e. The summed E-state index contributed by atoms with van der Waals surface area (Å²) in [5, 5.41) is 2.84. The van der Waals surface area contributed by atoms with Gasteiger partial charge < -0.3 is 20.7 Å². The standard InChI is InChI=1S/C20H30N4O3/c1-12(2)8-16(21)18(25)22-10-13-9-15-17(23-19(13)27-3)11-24(20(15)26)14-6-4-5-7-14/h9,12,14,16H,4-8,10-11,21H2,1-3H3,(H,22,25)/t16-/m1/s1. The first kappa shape index (κ1) is 19.6. The average molecular weight is 374 g/mol. The fraction of sp³-hybridized carbons (Fsp3) is 0.650. The Bertz CT molecular complexity index is 713. The predicted octanol–water partition coefficient (Wildman–Crippen LogP) is 1.98. The van der Waals surface area contributed by atoms with E-state index in [1.165, 1.54) is 12.8 Å². The number of carbonyl (C=O) groups excluding carboxylic acids is 2. The van der Waals surface area contributed by atoms with Crippen molar-refractivity contribution in [1.29, 1.82) is 0 Å². The lowest BCUT2D eigenvalue weighted by Crippen LogP contribution is -2.41. The van der Waals surface area contributed by atoms with E-state index >= 15 is 0 Å². The second kappa shape index (κ2) is 8.25. The first-order valence-corrected chi connectivity index (χ1v) is 9.81. The van der Waals surface area contributed by atoms with Crippen LogP contribution in [0.25, 0.3) is 0 Å². The normalized spacial score (nSPS) is 18.1. The van der Waals surface area contributed by atoms with Gasteiger partial charge in [-0.15, -0.1) is 0 Å². The van der Waals surface area contributed by atoms with Crippen molar-refractivity contribution in [2.24, 2.45) is 11.7 Å². The highest BCUT2D eigenvalue weighted by Gasteiger charge is 2.36. The monoisotopic (exact) mass is 374 g/mol. The number of methoxy groups -OCH3 is 1. The van der Waals surface area contributed by atoms with Crippen LogP contribution in [0.4, 0.5) is 0 Å². The molecule has 148 valence electrons. The molecule has 0 aromatic carbocycles. The molecule has 0 radical (unpaired) electrons. The van der Waals surface area contributed by atoms with Crippen LogP contribution in [0.1, 0.15) is 67.6 Å². The molecule has 1 aromatic rings. The minimum Gasteiger partial charge on any atom is -0.481 e. The Labute approximate surface area is 160 Å². The zero-order valence-corrected chi connectivity index (χ0v) is 16.5. The number of ether oxygens (including phenoxy) is 1. The lowest BCUT2D eigenvalue weighted by molar-refractivity contribution is -0.122. The summed E-state index contributed by atoms with van der Waals surface area (Å²) >= 11 is 0. The maximum Gasteiger partial charge on any atom is 0.256 e. The second-order valence-electron chi connectivity index (χ2n) is 7.98. The van der Waals surface area contributed by atoms with Crippen LogP contribution in [0.15, 0.2) is 6.07 Å². The van der Waals surface area contributed by atoms with Gasteiger partial charge in [0.15, 0.2) is 0 Å². The summed E-state index contributed by atoms with van der Waals surface area (Å²) in [5.74, 6) is 0.634. The van der Waals surface area contributed by atoms with Crippen molar-refractivity contribution in [1.82, 2.24) is 15.2 Å². The van der Waals surface area contributed by atoms with Crippen LogP contribution in [-0.4, -0.2) is 40.9 Å². The summed E-state index contributed by atoms with van der Waals surface area (Å²) in [6, 6.07) is 1.58. The first-order chi connectivity index (χ1) is 12.9. The van der Waals surface area contributed by atoms with Crippen molar-refractivity contribution >= 4 is 11.8 Å². The Balaban J connectivity index is 1.72. The van der Waals surface area contributed by atoms with Crippen LogP contribution in [-0.2, 0) is 17.9 Å². The molecule has 0 bridgehead atoms. The van der Waals surface area contributed by atoms with Crippen LogP contribution >= 0.6 is 0 Å². The lowest BCUT2D eigenvalue weighted by Gasteiger charge is -2.22. The molecule has 0 saturated heterocycles. The number of nitrogens with zero attached hydrogens (tertiary/aromatic N) is 2. The first-order valence-electron chi connectivity index (χ1n) is 9.81. The van der Waals surface area contributed by atoms with Crippen LogP contribution in [0.5, 0.6) is 5.88 Å². The molecule has 7 nitrogen and oxygen atoms in total. The maximum atomic E-state index is 12.8. The number of amides is 2. The third kappa shape index (κ3) is 4.24. The van der Waals surface area contributed by atoms with Crippen LogP contribution in [0.3, 0.4) is 0 Å². The third-order valence-electron chi connectivity index (χ3n) is 5.43. The molecule has 7 heteroatoms. The molecule has 0 unspecified atom stereocenters. The molecule has 3 N–H and O–H groups in total. The van der Waals surface area contributed by atoms with Crippen LogP contribution < -0.4 is 15.8 Å². The van der Waals surface area contributed by atoms with Crippen molar-refractivity contribution in [3.05, 3.63) is 22.9 Å². The largest absolute Gasteiger partial charge is 0.481 e. The highest BCUT2D eigenvalue weighted by Crippen LogP contribution is 2.33. The molecular formula is C20H30N4O3. The summed E-state index contributed by atoms with van der Waals surface area (Å²) in [5.41, 5.74) is 8.01. The van der Waals surface area contributed by atoms with Gasteiger partial charge in [-0.05, 0) is 31.2 Å². The topological polar surface area (TPSA) is 97.5 Å². The SMILES string of the molecule is COc1nc2c(cc1CNC(=O)[C@H](N)CC(C)C)C(=O)N(C1CCCC1)C2. The summed E-state index contributed by atoms with van der Waals surface area (Å²) in [4.78, 5) is 31.5. The Morgan fingerprint density at radius 3 is 2.74 bits per heavy atom. The van der Waals surface area contributed by atoms with E-state index in [1.54, 1.807) is 7.11 Å². The van der Waals surface area contributed by atoms with E-state index in [2.05, 4.69) is 10.3 Å². The number of rotatable bonds is 7. The number of carbonyl (C=O) groups is 2. The number of hydrogen-bond acceptors (Lipinski definition) is 5. The number of aromatic nitrogens is 1. The van der Waals surface area contributed by atoms with Crippen molar-refractivity contribution in [3.8, 4) is 5.88 Å². The van der Waals surface area contributed by atoms with E-state index < -0.39 is 6.04 Å². The summed E-state index contributed by atoms with van der Waals surface area (Å²) < 4.78 is 5.40. The molecule has 2 aliphatic rings. The van der Waals surface area contributed by atoms with Gasteiger partial charge in [-0.3, -0.25) is 9.59 Å². The summed E-state index contributed by atoms with van der Waals surface area (Å²) in [7, 11) is 1.55. The number of hydrogen-bond donors (Lipinski definition) is 2. The highest BCUT2D eigenvalue weighted by molar-refractivity contribution is 5.98. The summed E-state index contributed by atoms with van der Waals surface area (Å²) in [6.07, 6.45) is 5.10. The minimum absolute atomic E-state index is 0.0381. The molecule has 3 rings (SSSR count). The van der Waals surface area contributed by atoms with Crippen molar-refractivity contribution < 1.29 is 14.3 Å². The molecule has 2 heterocycles. The zero-order valence-electron chi connectivity index (χ0n) is 16.5. The van der Waals surface area contributed by atoms with Crippen LogP contribution in [0.2, 0.25) is 0 Å². The van der Waals surface area contributed by atoms with Gasteiger partial charge in [-0.25, -0.2) is 4.98 Å². The average Bonchev–Trinajstić information content (AvgIpc) is 3.26. The van der Waals surface area contributed by atoms with Crippen molar-refractivity contribution in [2.75, 3.05) is 7.11 Å². The van der Waals surface area contributed by atoms with E-state index in [1.807, 2.05) is 24.8 Å². The van der Waals surface area contributed by atoms with Gasteiger partial charge in [0.1, 0.15) is 0 Å². The number of fused-ring (bicyclic) bond motifs is 1. The molecule has 1 saturated carbocycles. The molecular weight excluding hydrogens is 344 g/mol. The van der Waals surface area contributed by atoms with Gasteiger partial charge in [0.05, 0.1) is 31.0 Å². The van der Waals surface area contributed by atoms with Crippen molar-refractivity contribution in [2.45, 2.75) is 71.1 Å². The quantitative estimate of drug-likeness (QED) is 0.760. The maximum absolute atomic E-state index is 12.8. The fourth-order valence-electron chi connectivity index (χ4n) is 4.01. The molecule has 27 heavy (non-hydrogen) atoms. The molecule has 1 aliphatic heterocycles. The van der Waals surface area contributed by atoms with E-state index in [4.69, 9.17) is 10.5 Å².